The van der Waals surface area contributed by atoms with E-state index in [1.165, 1.54) is 0 Å². The molecule has 1 N–H and O–H groups in total. The van der Waals surface area contributed by atoms with Crippen LogP contribution in [0.5, 0.6) is 5.75 Å². The van der Waals surface area contributed by atoms with Crippen LogP contribution >= 0.6 is 23.2 Å². The Morgan fingerprint density at radius 1 is 1.53 bits per heavy atom. The lowest BCUT2D eigenvalue weighted by Crippen LogP contribution is -2.35. The molecule has 0 aliphatic carbocycles. The van der Waals surface area contributed by atoms with Crippen molar-refractivity contribution in [3.05, 3.63) is 27.7 Å². The van der Waals surface area contributed by atoms with Gasteiger partial charge in [-0.05, 0) is 18.6 Å². The van der Waals surface area contributed by atoms with Crippen LogP contribution in [0.3, 0.4) is 0 Å². The first-order valence-corrected chi connectivity index (χ1v) is 7.22. The average Bonchev–Trinajstić information content (AvgIpc) is 2.39. The van der Waals surface area contributed by atoms with E-state index < -0.39 is 0 Å². The van der Waals surface area contributed by atoms with Crippen molar-refractivity contribution in [2.45, 2.75) is 38.3 Å². The summed E-state index contributed by atoms with van der Waals surface area (Å²) in [7, 11) is 0. The van der Waals surface area contributed by atoms with E-state index in [9.17, 15) is 0 Å². The molecular formula is C15H17Cl2NO. The van der Waals surface area contributed by atoms with Crippen LogP contribution in [0.15, 0.2) is 12.1 Å². The summed E-state index contributed by atoms with van der Waals surface area (Å²) in [5.74, 6) is 3.45. The fourth-order valence-electron chi connectivity index (χ4n) is 2.35. The van der Waals surface area contributed by atoms with Gasteiger partial charge in [0.25, 0.3) is 0 Å². The molecule has 2 nitrogen and oxygen atoms in total. The van der Waals surface area contributed by atoms with Gasteiger partial charge in [-0.1, -0.05) is 30.1 Å². The molecule has 0 radical (unpaired) electrons. The molecule has 1 aliphatic rings. The molecule has 1 aliphatic heterocycles. The van der Waals surface area contributed by atoms with Crippen LogP contribution in [-0.4, -0.2) is 12.6 Å². The molecule has 0 aromatic heterocycles. The van der Waals surface area contributed by atoms with Crippen LogP contribution in [0.2, 0.25) is 10.0 Å². The van der Waals surface area contributed by atoms with Gasteiger partial charge in [0.05, 0.1) is 11.6 Å². The number of fused-ring (bicyclic) bond motifs is 1. The molecule has 1 aromatic rings. The van der Waals surface area contributed by atoms with Crippen LogP contribution in [0.1, 0.15) is 37.8 Å². The number of nitrogens with one attached hydrogen (secondary N) is 1. The molecule has 2 rings (SSSR count). The summed E-state index contributed by atoms with van der Waals surface area (Å²) in [5, 5.41) is 4.78. The third-order valence-corrected chi connectivity index (χ3v) is 3.86. The number of halogens is 2. The average molecular weight is 298 g/mol. The van der Waals surface area contributed by atoms with Gasteiger partial charge in [0.15, 0.2) is 0 Å². The topological polar surface area (TPSA) is 21.3 Å². The van der Waals surface area contributed by atoms with Crippen molar-refractivity contribution in [3.63, 3.8) is 0 Å². The van der Waals surface area contributed by atoms with E-state index in [-0.39, 0.29) is 6.04 Å². The largest absolute Gasteiger partial charge is 0.492 e. The zero-order chi connectivity index (χ0) is 13.8. The Bertz CT molecular complexity index is 496. The van der Waals surface area contributed by atoms with Gasteiger partial charge in [-0.25, -0.2) is 0 Å². The number of benzene rings is 1. The molecule has 1 aromatic carbocycles. The summed E-state index contributed by atoms with van der Waals surface area (Å²) in [4.78, 5) is 0. The zero-order valence-electron chi connectivity index (χ0n) is 10.9. The fraction of sp³-hybridized carbons (Fsp3) is 0.467. The van der Waals surface area contributed by atoms with Crippen molar-refractivity contribution in [1.82, 2.24) is 5.32 Å². The molecule has 102 valence electrons. The maximum atomic E-state index is 6.17. The molecule has 0 spiro atoms. The molecule has 0 saturated carbocycles. The maximum Gasteiger partial charge on any atom is 0.142 e. The van der Waals surface area contributed by atoms with Gasteiger partial charge in [0.2, 0.25) is 0 Å². The summed E-state index contributed by atoms with van der Waals surface area (Å²) in [6.45, 7) is 2.78. The van der Waals surface area contributed by atoms with E-state index in [2.05, 4.69) is 18.2 Å². The second-order valence-electron chi connectivity index (χ2n) is 4.68. The van der Waals surface area contributed by atoms with Crippen LogP contribution in [0.25, 0.3) is 0 Å². The quantitative estimate of drug-likeness (QED) is 0.841. The third-order valence-electron chi connectivity index (χ3n) is 3.36. The minimum atomic E-state index is 0.193. The van der Waals surface area contributed by atoms with Gasteiger partial charge >= 0.3 is 0 Å². The van der Waals surface area contributed by atoms with E-state index in [0.717, 1.165) is 30.6 Å². The molecule has 0 saturated heterocycles. The fourth-order valence-corrected chi connectivity index (χ4v) is 2.91. The number of hydrogen-bond donors (Lipinski definition) is 1. The molecule has 1 heterocycles. The molecule has 0 amide bonds. The lowest BCUT2D eigenvalue weighted by atomic mass is 9.98. The molecule has 4 heteroatoms. The Kier molecular flexibility index (Phi) is 4.99. The Hall–Kier alpha value is -0.880. The predicted molar refractivity (Wildman–Crippen MR) is 80.0 cm³/mol. The van der Waals surface area contributed by atoms with Gasteiger partial charge in [0.1, 0.15) is 5.75 Å². The first-order chi connectivity index (χ1) is 9.15. The monoisotopic (exact) mass is 297 g/mol. The summed E-state index contributed by atoms with van der Waals surface area (Å²) in [5.41, 5.74) is 1.03. The van der Waals surface area contributed by atoms with E-state index in [1.807, 2.05) is 6.07 Å². The number of ether oxygens (including phenoxy) is 1. The number of terminal acetylenes is 1. The molecular weight excluding hydrogens is 281 g/mol. The summed E-state index contributed by atoms with van der Waals surface area (Å²) < 4.78 is 5.64. The van der Waals surface area contributed by atoms with Crippen LogP contribution in [0, 0.1) is 12.3 Å². The van der Waals surface area contributed by atoms with Crippen molar-refractivity contribution in [1.29, 1.82) is 0 Å². The van der Waals surface area contributed by atoms with E-state index in [1.54, 1.807) is 6.07 Å². The summed E-state index contributed by atoms with van der Waals surface area (Å²) in [6, 6.07) is 4.13. The highest BCUT2D eigenvalue weighted by Gasteiger charge is 2.25. The minimum absolute atomic E-state index is 0.193. The second-order valence-corrected chi connectivity index (χ2v) is 5.52. The molecule has 2 unspecified atom stereocenters. The smallest absolute Gasteiger partial charge is 0.142 e. The highest BCUT2D eigenvalue weighted by molar-refractivity contribution is 6.35. The molecule has 19 heavy (non-hydrogen) atoms. The van der Waals surface area contributed by atoms with Crippen LogP contribution in [0.4, 0.5) is 0 Å². The third kappa shape index (κ3) is 3.36. The van der Waals surface area contributed by atoms with Gasteiger partial charge in [-0.15, -0.1) is 12.3 Å². The van der Waals surface area contributed by atoms with Gasteiger partial charge < -0.3 is 10.1 Å². The molecule has 0 bridgehead atoms. The van der Waals surface area contributed by atoms with Crippen molar-refractivity contribution >= 4 is 23.2 Å². The van der Waals surface area contributed by atoms with E-state index >= 15 is 0 Å². The highest BCUT2D eigenvalue weighted by Crippen LogP contribution is 2.40. The van der Waals surface area contributed by atoms with Crippen LogP contribution in [-0.2, 0) is 0 Å². The first kappa shape index (κ1) is 14.5. The predicted octanol–water partition coefficient (Wildman–Crippen LogP) is 4.21. The number of rotatable bonds is 4. The molecule has 0 fully saturated rings. The van der Waals surface area contributed by atoms with Crippen molar-refractivity contribution < 1.29 is 4.74 Å². The standard InChI is InChI=1S/C15H17Cl2NO/c1-3-5-11(4-2)18-14-6-7-19-15-12(14)8-10(16)9-13(15)17/h1,8-9,11,14,18H,4-7H2,2H3. The summed E-state index contributed by atoms with van der Waals surface area (Å²) in [6.07, 6.45) is 8.00. The Balaban J connectivity index is 2.24. The minimum Gasteiger partial charge on any atom is -0.492 e. The van der Waals surface area contributed by atoms with Gasteiger partial charge in [-0.3, -0.25) is 0 Å². The number of hydrogen-bond acceptors (Lipinski definition) is 2. The Labute approximate surface area is 124 Å². The second kappa shape index (κ2) is 6.52. The van der Waals surface area contributed by atoms with Crippen molar-refractivity contribution in [3.8, 4) is 18.1 Å². The van der Waals surface area contributed by atoms with Gasteiger partial charge in [0, 0.05) is 35.5 Å². The van der Waals surface area contributed by atoms with E-state index in [0.29, 0.717) is 22.7 Å². The first-order valence-electron chi connectivity index (χ1n) is 6.47. The zero-order valence-corrected chi connectivity index (χ0v) is 12.4. The Morgan fingerprint density at radius 3 is 3.00 bits per heavy atom. The SMILES string of the molecule is C#CCC(CC)NC1CCOc2c(Cl)cc(Cl)cc21. The molecule has 2 atom stereocenters. The van der Waals surface area contributed by atoms with E-state index in [4.69, 9.17) is 34.4 Å². The normalized spacial score (nSPS) is 19.2. The van der Waals surface area contributed by atoms with Crippen molar-refractivity contribution in [2.75, 3.05) is 6.61 Å². The lowest BCUT2D eigenvalue weighted by Gasteiger charge is -2.30. The van der Waals surface area contributed by atoms with Crippen molar-refractivity contribution in [2.24, 2.45) is 0 Å². The lowest BCUT2D eigenvalue weighted by molar-refractivity contribution is 0.243. The van der Waals surface area contributed by atoms with Gasteiger partial charge in [-0.2, -0.15) is 0 Å². The van der Waals surface area contributed by atoms with Crippen LogP contribution < -0.4 is 10.1 Å². The maximum absolute atomic E-state index is 6.17. The Morgan fingerprint density at radius 2 is 2.32 bits per heavy atom. The highest BCUT2D eigenvalue weighted by atomic mass is 35.5. The summed E-state index contributed by atoms with van der Waals surface area (Å²) >= 11 is 12.3.